The monoisotopic (exact) mass is 311 g/mol. The Kier molecular flexibility index (Phi) is 7.72. The van der Waals surface area contributed by atoms with Crippen molar-refractivity contribution in [2.75, 3.05) is 18.4 Å². The highest BCUT2D eigenvalue weighted by molar-refractivity contribution is 5.88. The van der Waals surface area contributed by atoms with E-state index < -0.39 is 0 Å². The number of hydrogen-bond donors (Lipinski definition) is 2. The van der Waals surface area contributed by atoms with Crippen LogP contribution in [0.15, 0.2) is 24.3 Å². The summed E-state index contributed by atoms with van der Waals surface area (Å²) in [6, 6.07) is 8.76. The van der Waals surface area contributed by atoms with Gasteiger partial charge in [-0.25, -0.2) is 0 Å². The standard InChI is InChI=1S/C16H25N3O.ClH/c1-13(20)18-15-7-5-14(6-8-15)12-19-11-3-2-4-16(19)9-10-17;/h5-8,16H,2-4,9-12,17H2,1H3,(H,18,20);1H. The van der Waals surface area contributed by atoms with Crippen LogP contribution < -0.4 is 11.1 Å². The van der Waals surface area contributed by atoms with Crippen molar-refractivity contribution in [3.8, 4) is 0 Å². The molecule has 1 fully saturated rings. The van der Waals surface area contributed by atoms with Crippen LogP contribution >= 0.6 is 12.4 Å². The number of amides is 1. The molecular weight excluding hydrogens is 286 g/mol. The SMILES string of the molecule is CC(=O)Nc1ccc(CN2CCCCC2CCN)cc1.Cl. The van der Waals surface area contributed by atoms with Crippen LogP contribution in [-0.4, -0.2) is 29.9 Å². The molecule has 1 aliphatic heterocycles. The molecule has 2 rings (SSSR count). The molecule has 3 N–H and O–H groups in total. The maximum atomic E-state index is 11.0. The van der Waals surface area contributed by atoms with Crippen molar-refractivity contribution >= 4 is 24.0 Å². The third-order valence-corrected chi connectivity index (χ3v) is 3.91. The Hall–Kier alpha value is -1.10. The van der Waals surface area contributed by atoms with Gasteiger partial charge < -0.3 is 11.1 Å². The van der Waals surface area contributed by atoms with Crippen LogP contribution in [0, 0.1) is 0 Å². The Bertz CT molecular complexity index is 434. The molecule has 1 saturated heterocycles. The van der Waals surface area contributed by atoms with Crippen molar-refractivity contribution in [1.82, 2.24) is 4.90 Å². The second-order valence-corrected chi connectivity index (χ2v) is 5.58. The lowest BCUT2D eigenvalue weighted by Crippen LogP contribution is -2.40. The molecule has 1 heterocycles. The van der Waals surface area contributed by atoms with Crippen molar-refractivity contribution in [3.63, 3.8) is 0 Å². The Balaban J connectivity index is 0.00000220. The van der Waals surface area contributed by atoms with Gasteiger partial charge in [0.2, 0.25) is 5.91 Å². The van der Waals surface area contributed by atoms with Gasteiger partial charge in [-0.2, -0.15) is 0 Å². The maximum absolute atomic E-state index is 11.0. The number of rotatable bonds is 5. The van der Waals surface area contributed by atoms with E-state index in [1.165, 1.54) is 31.7 Å². The van der Waals surface area contributed by atoms with Crippen LogP contribution in [-0.2, 0) is 11.3 Å². The molecule has 1 unspecified atom stereocenters. The van der Waals surface area contributed by atoms with E-state index in [1.54, 1.807) is 0 Å². The van der Waals surface area contributed by atoms with Crippen LogP contribution in [0.5, 0.6) is 0 Å². The smallest absolute Gasteiger partial charge is 0.221 e. The Morgan fingerprint density at radius 1 is 1.33 bits per heavy atom. The largest absolute Gasteiger partial charge is 0.330 e. The fourth-order valence-electron chi connectivity index (χ4n) is 2.92. The van der Waals surface area contributed by atoms with Crippen molar-refractivity contribution in [2.45, 2.75) is 45.2 Å². The van der Waals surface area contributed by atoms with E-state index in [0.29, 0.717) is 6.04 Å². The minimum Gasteiger partial charge on any atom is -0.330 e. The summed E-state index contributed by atoms with van der Waals surface area (Å²) in [5, 5.41) is 2.80. The number of piperidine rings is 1. The van der Waals surface area contributed by atoms with Crippen LogP contribution in [0.1, 0.15) is 38.2 Å². The summed E-state index contributed by atoms with van der Waals surface area (Å²) in [4.78, 5) is 13.5. The Morgan fingerprint density at radius 3 is 2.67 bits per heavy atom. The molecule has 0 radical (unpaired) electrons. The molecule has 0 bridgehead atoms. The van der Waals surface area contributed by atoms with E-state index in [9.17, 15) is 4.79 Å². The van der Waals surface area contributed by atoms with Gasteiger partial charge in [0.15, 0.2) is 0 Å². The Morgan fingerprint density at radius 2 is 2.05 bits per heavy atom. The molecule has 1 aliphatic rings. The quantitative estimate of drug-likeness (QED) is 0.879. The molecule has 0 aliphatic carbocycles. The van der Waals surface area contributed by atoms with E-state index in [-0.39, 0.29) is 18.3 Å². The van der Waals surface area contributed by atoms with Crippen molar-refractivity contribution < 1.29 is 4.79 Å². The number of nitrogens with zero attached hydrogens (tertiary/aromatic N) is 1. The van der Waals surface area contributed by atoms with E-state index in [1.807, 2.05) is 12.1 Å². The third kappa shape index (κ3) is 5.65. The predicted octanol–water partition coefficient (Wildman–Crippen LogP) is 2.77. The van der Waals surface area contributed by atoms with Gasteiger partial charge in [-0.1, -0.05) is 18.6 Å². The second-order valence-electron chi connectivity index (χ2n) is 5.58. The van der Waals surface area contributed by atoms with Crippen LogP contribution in [0.3, 0.4) is 0 Å². The summed E-state index contributed by atoms with van der Waals surface area (Å²) < 4.78 is 0. The van der Waals surface area contributed by atoms with Gasteiger partial charge in [0, 0.05) is 25.2 Å². The summed E-state index contributed by atoms with van der Waals surface area (Å²) in [6.07, 6.45) is 4.96. The molecule has 0 aromatic heterocycles. The van der Waals surface area contributed by atoms with E-state index in [2.05, 4.69) is 22.3 Å². The van der Waals surface area contributed by atoms with Gasteiger partial charge >= 0.3 is 0 Å². The second kappa shape index (κ2) is 9.03. The average Bonchev–Trinajstić information content (AvgIpc) is 2.43. The molecule has 118 valence electrons. The van der Waals surface area contributed by atoms with Gasteiger partial charge in [-0.3, -0.25) is 9.69 Å². The molecule has 1 aromatic rings. The van der Waals surface area contributed by atoms with E-state index in [4.69, 9.17) is 5.73 Å². The molecule has 4 nitrogen and oxygen atoms in total. The van der Waals surface area contributed by atoms with Crippen molar-refractivity contribution in [1.29, 1.82) is 0 Å². The summed E-state index contributed by atoms with van der Waals surface area (Å²) in [5.41, 5.74) is 7.87. The first-order chi connectivity index (χ1) is 9.69. The minimum absolute atomic E-state index is 0. The molecule has 0 spiro atoms. The lowest BCUT2D eigenvalue weighted by atomic mass is 9.98. The first kappa shape index (κ1) is 18.0. The number of carbonyl (C=O) groups excluding carboxylic acids is 1. The number of hydrogen-bond acceptors (Lipinski definition) is 3. The number of likely N-dealkylation sites (tertiary alicyclic amines) is 1. The van der Waals surface area contributed by atoms with E-state index in [0.717, 1.165) is 31.7 Å². The van der Waals surface area contributed by atoms with Crippen molar-refractivity contribution in [3.05, 3.63) is 29.8 Å². The number of nitrogens with one attached hydrogen (secondary N) is 1. The average molecular weight is 312 g/mol. The number of carbonyl (C=O) groups is 1. The summed E-state index contributed by atoms with van der Waals surface area (Å²) in [5.74, 6) is -0.0307. The number of anilines is 1. The van der Waals surface area contributed by atoms with Gasteiger partial charge in [-0.05, 0) is 50.0 Å². The van der Waals surface area contributed by atoms with E-state index >= 15 is 0 Å². The van der Waals surface area contributed by atoms with Crippen molar-refractivity contribution in [2.24, 2.45) is 5.73 Å². The highest BCUT2D eigenvalue weighted by atomic mass is 35.5. The predicted molar refractivity (Wildman–Crippen MR) is 89.7 cm³/mol. The zero-order valence-corrected chi connectivity index (χ0v) is 13.5. The fraction of sp³-hybridized carbons (Fsp3) is 0.562. The van der Waals surface area contributed by atoms with Gasteiger partial charge in [0.25, 0.3) is 0 Å². The van der Waals surface area contributed by atoms with Gasteiger partial charge in [0.05, 0.1) is 0 Å². The summed E-state index contributed by atoms with van der Waals surface area (Å²) >= 11 is 0. The van der Waals surface area contributed by atoms with Crippen LogP contribution in [0.25, 0.3) is 0 Å². The molecule has 1 amide bonds. The molecule has 21 heavy (non-hydrogen) atoms. The highest BCUT2D eigenvalue weighted by Crippen LogP contribution is 2.22. The summed E-state index contributed by atoms with van der Waals surface area (Å²) in [6.45, 7) is 4.44. The summed E-state index contributed by atoms with van der Waals surface area (Å²) in [7, 11) is 0. The molecule has 5 heteroatoms. The first-order valence-corrected chi connectivity index (χ1v) is 7.49. The minimum atomic E-state index is -0.0307. The molecule has 1 aromatic carbocycles. The van der Waals surface area contributed by atoms with Gasteiger partial charge in [-0.15, -0.1) is 12.4 Å². The van der Waals surface area contributed by atoms with Crippen LogP contribution in [0.2, 0.25) is 0 Å². The normalized spacial score (nSPS) is 18.9. The van der Waals surface area contributed by atoms with Gasteiger partial charge in [0.1, 0.15) is 0 Å². The number of nitrogens with two attached hydrogens (primary N) is 1. The molecular formula is C16H26ClN3O. The zero-order chi connectivity index (χ0) is 14.4. The lowest BCUT2D eigenvalue weighted by molar-refractivity contribution is -0.114. The molecule has 0 saturated carbocycles. The fourth-order valence-corrected chi connectivity index (χ4v) is 2.92. The maximum Gasteiger partial charge on any atom is 0.221 e. The molecule has 1 atom stereocenters. The Labute approximate surface area is 133 Å². The van der Waals surface area contributed by atoms with Crippen LogP contribution in [0.4, 0.5) is 5.69 Å². The number of halogens is 1. The lowest BCUT2D eigenvalue weighted by Gasteiger charge is -2.35. The third-order valence-electron chi connectivity index (χ3n) is 3.91. The topological polar surface area (TPSA) is 58.4 Å². The highest BCUT2D eigenvalue weighted by Gasteiger charge is 2.21. The zero-order valence-electron chi connectivity index (χ0n) is 12.7. The number of benzene rings is 1. The first-order valence-electron chi connectivity index (χ1n) is 7.49.